The number of piperidine rings is 1. The molecule has 1 amide bonds. The number of anilines is 1. The average molecular weight is 513 g/mol. The molecule has 0 bridgehead atoms. The van der Waals surface area contributed by atoms with E-state index >= 15 is 0 Å². The maximum Gasteiger partial charge on any atom is 0.258 e. The summed E-state index contributed by atoms with van der Waals surface area (Å²) in [6, 6.07) is 13.0. The Morgan fingerprint density at radius 1 is 1.11 bits per heavy atom. The summed E-state index contributed by atoms with van der Waals surface area (Å²) in [5.74, 6) is -0.0513. The Morgan fingerprint density at radius 2 is 1.91 bits per heavy atom. The number of ketones is 1. The molecule has 3 heterocycles. The topological polar surface area (TPSA) is 84.0 Å². The molecule has 0 unspecified atom stereocenters. The van der Waals surface area contributed by atoms with Gasteiger partial charge in [-0.05, 0) is 53.8 Å². The van der Waals surface area contributed by atoms with Gasteiger partial charge < -0.3 is 9.64 Å². The molecule has 1 aromatic heterocycles. The van der Waals surface area contributed by atoms with E-state index in [-0.39, 0.29) is 24.0 Å². The van der Waals surface area contributed by atoms with Gasteiger partial charge in [-0.3, -0.25) is 9.59 Å². The second-order valence-corrected chi connectivity index (χ2v) is 12.1. The molecule has 9 heteroatoms. The van der Waals surface area contributed by atoms with Crippen LogP contribution in [0.2, 0.25) is 0 Å². The minimum Gasteiger partial charge on any atom is -0.385 e. The fraction of sp³-hybridized carbons (Fsp3) is 0.385. The first-order valence-corrected chi connectivity index (χ1v) is 14.2. The highest BCUT2D eigenvalue weighted by molar-refractivity contribution is 7.91. The zero-order valence-electron chi connectivity index (χ0n) is 19.6. The zero-order valence-corrected chi connectivity index (χ0v) is 21.2. The van der Waals surface area contributed by atoms with Crippen LogP contribution < -0.4 is 4.90 Å². The number of rotatable bonds is 9. The number of carbonyl (C=O) groups is 2. The first kappa shape index (κ1) is 24.1. The Morgan fingerprint density at radius 3 is 2.63 bits per heavy atom. The first-order valence-electron chi connectivity index (χ1n) is 11.8. The number of hydrogen-bond donors (Lipinski definition) is 0. The molecule has 7 nitrogen and oxygen atoms in total. The largest absolute Gasteiger partial charge is 0.385 e. The average Bonchev–Trinajstić information content (AvgIpc) is 3.51. The van der Waals surface area contributed by atoms with Crippen molar-refractivity contribution in [2.45, 2.75) is 29.9 Å². The van der Waals surface area contributed by atoms with Crippen molar-refractivity contribution in [3.8, 4) is 0 Å². The van der Waals surface area contributed by atoms with Gasteiger partial charge in [0.25, 0.3) is 15.9 Å². The SMILES string of the molecule is COCCCN1C(=O)c2cccc3c(CC(=O)C4CCN(S(=O)(=O)c5cccs5)CC4)ccc1c23. The lowest BCUT2D eigenvalue weighted by atomic mass is 9.88. The van der Waals surface area contributed by atoms with E-state index in [1.54, 1.807) is 29.5 Å². The van der Waals surface area contributed by atoms with Gasteiger partial charge in [0, 0.05) is 56.6 Å². The molecule has 35 heavy (non-hydrogen) atoms. The van der Waals surface area contributed by atoms with Crippen molar-refractivity contribution >= 4 is 49.5 Å². The highest BCUT2D eigenvalue weighted by Crippen LogP contribution is 2.39. The number of thiophene rings is 1. The van der Waals surface area contributed by atoms with E-state index in [0.29, 0.717) is 48.9 Å². The van der Waals surface area contributed by atoms with Crippen LogP contribution in [0.5, 0.6) is 0 Å². The quantitative estimate of drug-likeness (QED) is 0.403. The van der Waals surface area contributed by atoms with Gasteiger partial charge >= 0.3 is 0 Å². The molecule has 2 aliphatic rings. The lowest BCUT2D eigenvalue weighted by Crippen LogP contribution is -2.40. The number of amides is 1. The molecule has 2 aliphatic heterocycles. The molecule has 0 aliphatic carbocycles. The summed E-state index contributed by atoms with van der Waals surface area (Å²) in [5.41, 5.74) is 2.48. The summed E-state index contributed by atoms with van der Waals surface area (Å²) >= 11 is 1.22. The summed E-state index contributed by atoms with van der Waals surface area (Å²) in [4.78, 5) is 28.0. The van der Waals surface area contributed by atoms with Crippen molar-refractivity contribution in [3.63, 3.8) is 0 Å². The van der Waals surface area contributed by atoms with Crippen molar-refractivity contribution in [1.82, 2.24) is 4.31 Å². The normalized spacial score (nSPS) is 16.9. The third kappa shape index (κ3) is 4.42. The van der Waals surface area contributed by atoms with E-state index in [4.69, 9.17) is 4.74 Å². The molecule has 0 spiro atoms. The number of ether oxygens (including phenoxy) is 1. The summed E-state index contributed by atoms with van der Waals surface area (Å²) in [6.07, 6.45) is 2.08. The van der Waals surface area contributed by atoms with E-state index in [2.05, 4.69) is 0 Å². The van der Waals surface area contributed by atoms with E-state index in [1.807, 2.05) is 30.3 Å². The van der Waals surface area contributed by atoms with Gasteiger partial charge in [-0.15, -0.1) is 11.3 Å². The van der Waals surface area contributed by atoms with Crippen molar-refractivity contribution in [2.24, 2.45) is 5.92 Å². The Hall–Kier alpha value is -2.59. The monoisotopic (exact) mass is 512 g/mol. The van der Waals surface area contributed by atoms with Crippen molar-refractivity contribution in [2.75, 3.05) is 38.3 Å². The fourth-order valence-corrected chi connectivity index (χ4v) is 7.75. The summed E-state index contributed by atoms with van der Waals surface area (Å²) in [7, 11) is -1.83. The van der Waals surface area contributed by atoms with Gasteiger partial charge in [-0.2, -0.15) is 4.31 Å². The van der Waals surface area contributed by atoms with Gasteiger partial charge in [0.2, 0.25) is 0 Å². The second kappa shape index (κ2) is 9.81. The minimum absolute atomic E-state index is 0.00972. The zero-order chi connectivity index (χ0) is 24.6. The minimum atomic E-state index is -3.48. The maximum atomic E-state index is 13.2. The maximum absolute atomic E-state index is 13.2. The fourth-order valence-electron chi connectivity index (χ4n) is 5.14. The molecule has 0 atom stereocenters. The molecule has 5 rings (SSSR count). The third-order valence-electron chi connectivity index (χ3n) is 6.97. The van der Waals surface area contributed by atoms with Crippen LogP contribution in [0, 0.1) is 5.92 Å². The Bertz CT molecular complexity index is 1360. The summed E-state index contributed by atoms with van der Waals surface area (Å²) in [6.45, 7) is 1.88. The van der Waals surface area contributed by atoms with Crippen molar-refractivity contribution in [3.05, 3.63) is 59.0 Å². The Kier molecular flexibility index (Phi) is 6.76. The number of sulfonamides is 1. The molecule has 1 fully saturated rings. The van der Waals surface area contributed by atoms with Crippen LogP contribution in [-0.2, 0) is 26.0 Å². The number of carbonyl (C=O) groups excluding carboxylic acids is 2. The van der Waals surface area contributed by atoms with Gasteiger partial charge in [-0.1, -0.05) is 24.3 Å². The standard InChI is InChI=1S/C26H28N2O5S2/c1-33-15-4-12-28-22-9-8-19(20-5-2-6-21(25(20)22)26(28)30)17-23(29)18-10-13-27(14-11-18)35(31,32)24-7-3-16-34-24/h2-3,5-9,16,18H,4,10-15,17H2,1H3. The molecule has 1 saturated heterocycles. The van der Waals surface area contributed by atoms with Crippen LogP contribution in [0.4, 0.5) is 5.69 Å². The van der Waals surface area contributed by atoms with Gasteiger partial charge in [-0.25, -0.2) is 8.42 Å². The van der Waals surface area contributed by atoms with E-state index < -0.39 is 10.0 Å². The molecular formula is C26H28N2O5S2. The highest BCUT2D eigenvalue weighted by atomic mass is 32.2. The smallest absolute Gasteiger partial charge is 0.258 e. The molecule has 0 radical (unpaired) electrons. The Labute approximate surface area is 209 Å². The van der Waals surface area contributed by atoms with Crippen LogP contribution in [0.3, 0.4) is 0 Å². The predicted molar refractivity (Wildman–Crippen MR) is 137 cm³/mol. The molecule has 3 aromatic rings. The molecular weight excluding hydrogens is 484 g/mol. The van der Waals surface area contributed by atoms with Crippen LogP contribution in [-0.4, -0.2) is 57.8 Å². The van der Waals surface area contributed by atoms with Crippen LogP contribution in [0.25, 0.3) is 10.8 Å². The molecule has 2 aromatic carbocycles. The van der Waals surface area contributed by atoms with E-state index in [0.717, 1.165) is 28.4 Å². The summed E-state index contributed by atoms with van der Waals surface area (Å²) < 4.78 is 32.5. The lowest BCUT2D eigenvalue weighted by Gasteiger charge is -2.30. The van der Waals surface area contributed by atoms with Crippen LogP contribution in [0.15, 0.2) is 52.1 Å². The lowest BCUT2D eigenvalue weighted by molar-refractivity contribution is -0.123. The molecule has 184 valence electrons. The van der Waals surface area contributed by atoms with Crippen molar-refractivity contribution in [1.29, 1.82) is 0 Å². The number of nitrogens with zero attached hydrogens (tertiary/aromatic N) is 2. The number of hydrogen-bond acceptors (Lipinski definition) is 6. The highest BCUT2D eigenvalue weighted by Gasteiger charge is 2.34. The van der Waals surface area contributed by atoms with E-state index in [1.165, 1.54) is 15.6 Å². The summed E-state index contributed by atoms with van der Waals surface area (Å²) in [5, 5.41) is 3.61. The second-order valence-electron chi connectivity index (χ2n) is 9.03. The van der Waals surface area contributed by atoms with E-state index in [9.17, 15) is 18.0 Å². The molecule has 0 N–H and O–H groups in total. The molecule has 0 saturated carbocycles. The van der Waals surface area contributed by atoms with Gasteiger partial charge in [0.1, 0.15) is 9.99 Å². The number of benzene rings is 2. The number of methoxy groups -OCH3 is 1. The number of Topliss-reactive ketones (excluding diaryl/α,β-unsaturated/α-hetero) is 1. The predicted octanol–water partition coefficient (Wildman–Crippen LogP) is 4.11. The first-order chi connectivity index (χ1) is 16.9. The van der Waals surface area contributed by atoms with Crippen LogP contribution in [0.1, 0.15) is 35.2 Å². The van der Waals surface area contributed by atoms with Crippen LogP contribution >= 0.6 is 11.3 Å². The van der Waals surface area contributed by atoms with Crippen molar-refractivity contribution < 1.29 is 22.7 Å². The van der Waals surface area contributed by atoms with Gasteiger partial charge in [0.15, 0.2) is 0 Å². The van der Waals surface area contributed by atoms with Gasteiger partial charge in [0.05, 0.1) is 5.69 Å². The third-order valence-corrected chi connectivity index (χ3v) is 10.2. The Balaban J connectivity index is 1.31.